The highest BCUT2D eigenvalue weighted by Crippen LogP contribution is 2.19. The Labute approximate surface area is 126 Å². The van der Waals surface area contributed by atoms with E-state index in [1.165, 1.54) is 6.33 Å². The van der Waals surface area contributed by atoms with Crippen LogP contribution < -0.4 is 5.32 Å². The van der Waals surface area contributed by atoms with Gasteiger partial charge in [-0.1, -0.05) is 13.8 Å². The summed E-state index contributed by atoms with van der Waals surface area (Å²) < 4.78 is 0. The van der Waals surface area contributed by atoms with Gasteiger partial charge in [-0.3, -0.25) is 4.79 Å². The molecule has 5 nitrogen and oxygen atoms in total. The minimum Gasteiger partial charge on any atom is -0.337 e. The highest BCUT2D eigenvalue weighted by molar-refractivity contribution is 5.95. The second-order valence-electron chi connectivity index (χ2n) is 5.36. The number of piperidine rings is 1. The molecule has 112 valence electrons. The number of aromatic nitrogens is 2. The van der Waals surface area contributed by atoms with Gasteiger partial charge in [0, 0.05) is 25.3 Å². The number of halogens is 1. The van der Waals surface area contributed by atoms with Crippen molar-refractivity contribution >= 4 is 18.3 Å². The highest BCUT2D eigenvalue weighted by atomic mass is 35.5. The molecule has 0 radical (unpaired) electrons. The highest BCUT2D eigenvalue weighted by Gasteiger charge is 2.26. The molecule has 1 unspecified atom stereocenters. The first kappa shape index (κ1) is 16.9. The molecule has 1 aliphatic rings. The van der Waals surface area contributed by atoms with E-state index < -0.39 is 0 Å². The lowest BCUT2D eigenvalue weighted by Crippen LogP contribution is -2.47. The van der Waals surface area contributed by atoms with Crippen molar-refractivity contribution in [1.29, 1.82) is 0 Å². The molecular formula is C14H23ClN4O. The van der Waals surface area contributed by atoms with Crippen molar-refractivity contribution < 1.29 is 4.79 Å². The third kappa shape index (κ3) is 3.67. The summed E-state index contributed by atoms with van der Waals surface area (Å²) in [4.78, 5) is 22.8. The van der Waals surface area contributed by atoms with Crippen LogP contribution in [0.4, 0.5) is 0 Å². The van der Waals surface area contributed by atoms with Gasteiger partial charge in [0.25, 0.3) is 5.91 Å². The van der Waals surface area contributed by atoms with E-state index in [0.717, 1.165) is 31.6 Å². The Morgan fingerprint density at radius 2 is 2.25 bits per heavy atom. The zero-order valence-corrected chi connectivity index (χ0v) is 13.1. The van der Waals surface area contributed by atoms with Crippen LogP contribution in [0.1, 0.15) is 48.7 Å². The fourth-order valence-electron chi connectivity index (χ4n) is 2.53. The Balaban J connectivity index is 0.00000200. The molecule has 1 aliphatic heterocycles. The topological polar surface area (TPSA) is 58.1 Å². The molecule has 1 N–H and O–H groups in total. The molecule has 1 fully saturated rings. The predicted molar refractivity (Wildman–Crippen MR) is 81.4 cm³/mol. The molecule has 20 heavy (non-hydrogen) atoms. The summed E-state index contributed by atoms with van der Waals surface area (Å²) in [5.74, 6) is 0.288. The van der Waals surface area contributed by atoms with Crippen LogP contribution in [-0.2, 0) is 0 Å². The molecule has 1 amide bonds. The summed E-state index contributed by atoms with van der Waals surface area (Å²) in [7, 11) is 1.95. The van der Waals surface area contributed by atoms with Crippen LogP contribution in [0.15, 0.2) is 12.5 Å². The van der Waals surface area contributed by atoms with Crippen LogP contribution in [0, 0.1) is 0 Å². The number of nitrogens with zero attached hydrogens (tertiary/aromatic N) is 3. The number of nitrogens with one attached hydrogen (secondary N) is 1. The first-order valence-electron chi connectivity index (χ1n) is 6.90. The van der Waals surface area contributed by atoms with Gasteiger partial charge in [-0.25, -0.2) is 9.97 Å². The quantitative estimate of drug-likeness (QED) is 0.925. The average molecular weight is 299 g/mol. The normalized spacial score (nSPS) is 18.8. The summed E-state index contributed by atoms with van der Waals surface area (Å²) in [6, 6.07) is 0.393. The second kappa shape index (κ2) is 7.55. The number of hydrogen-bond acceptors (Lipinski definition) is 4. The fraction of sp³-hybridized carbons (Fsp3) is 0.643. The molecule has 0 saturated carbocycles. The summed E-state index contributed by atoms with van der Waals surface area (Å²) in [6.07, 6.45) is 5.33. The Kier molecular flexibility index (Phi) is 6.36. The zero-order valence-electron chi connectivity index (χ0n) is 12.3. The summed E-state index contributed by atoms with van der Waals surface area (Å²) in [6.45, 7) is 5.68. The van der Waals surface area contributed by atoms with Gasteiger partial charge in [-0.05, 0) is 25.8 Å². The van der Waals surface area contributed by atoms with Gasteiger partial charge >= 0.3 is 0 Å². The van der Waals surface area contributed by atoms with E-state index in [0.29, 0.717) is 11.6 Å². The Morgan fingerprint density at radius 1 is 1.50 bits per heavy atom. The van der Waals surface area contributed by atoms with Crippen molar-refractivity contribution in [2.24, 2.45) is 0 Å². The summed E-state index contributed by atoms with van der Waals surface area (Å²) >= 11 is 0. The number of likely N-dealkylation sites (tertiary alicyclic amines) is 1. The Bertz CT molecular complexity index is 453. The number of carbonyl (C=O) groups is 1. The lowest BCUT2D eigenvalue weighted by molar-refractivity contribution is 0.0695. The van der Waals surface area contributed by atoms with E-state index in [-0.39, 0.29) is 24.2 Å². The number of carbonyl (C=O) groups excluding carboxylic acids is 1. The zero-order chi connectivity index (χ0) is 13.8. The van der Waals surface area contributed by atoms with Crippen molar-refractivity contribution in [3.63, 3.8) is 0 Å². The maximum absolute atomic E-state index is 12.6. The minimum atomic E-state index is 0. The summed E-state index contributed by atoms with van der Waals surface area (Å²) in [5.41, 5.74) is 1.49. The van der Waals surface area contributed by atoms with Crippen LogP contribution in [0.5, 0.6) is 0 Å². The van der Waals surface area contributed by atoms with Crippen molar-refractivity contribution in [2.75, 3.05) is 20.1 Å². The maximum Gasteiger partial charge on any atom is 0.257 e. The van der Waals surface area contributed by atoms with Crippen molar-refractivity contribution in [3.8, 4) is 0 Å². The molecule has 1 aromatic rings. The minimum absolute atomic E-state index is 0. The van der Waals surface area contributed by atoms with Crippen molar-refractivity contribution in [3.05, 3.63) is 23.8 Å². The number of likely N-dealkylation sites (N-methyl/N-ethyl adjacent to an activating group) is 1. The maximum atomic E-state index is 12.6. The summed E-state index contributed by atoms with van der Waals surface area (Å²) in [5, 5.41) is 3.25. The SMILES string of the molecule is CNC1CCCN(C(=O)c2cncnc2C(C)C)C1.Cl. The lowest BCUT2D eigenvalue weighted by Gasteiger charge is -2.33. The molecule has 2 rings (SSSR count). The molecule has 6 heteroatoms. The van der Waals surface area contributed by atoms with Gasteiger partial charge in [0.15, 0.2) is 0 Å². The van der Waals surface area contributed by atoms with E-state index in [1.54, 1.807) is 6.20 Å². The number of amides is 1. The number of rotatable bonds is 3. The first-order valence-corrected chi connectivity index (χ1v) is 6.90. The molecule has 1 atom stereocenters. The molecule has 0 bridgehead atoms. The van der Waals surface area contributed by atoms with Gasteiger partial charge in [0.2, 0.25) is 0 Å². The smallest absolute Gasteiger partial charge is 0.257 e. The monoisotopic (exact) mass is 298 g/mol. The first-order chi connectivity index (χ1) is 9.13. The molecule has 0 aromatic carbocycles. The van der Waals surface area contributed by atoms with Crippen LogP contribution in [-0.4, -0.2) is 47.0 Å². The molecule has 0 aliphatic carbocycles. The van der Waals surface area contributed by atoms with Crippen LogP contribution in [0.25, 0.3) is 0 Å². The second-order valence-corrected chi connectivity index (χ2v) is 5.36. The van der Waals surface area contributed by atoms with Crippen LogP contribution in [0.2, 0.25) is 0 Å². The van der Waals surface area contributed by atoms with Crippen LogP contribution in [0.3, 0.4) is 0 Å². The molecular weight excluding hydrogens is 276 g/mol. The molecule has 0 spiro atoms. The van der Waals surface area contributed by atoms with E-state index >= 15 is 0 Å². The van der Waals surface area contributed by atoms with E-state index in [2.05, 4.69) is 15.3 Å². The Hall–Kier alpha value is -1.20. The van der Waals surface area contributed by atoms with E-state index in [9.17, 15) is 4.79 Å². The van der Waals surface area contributed by atoms with Gasteiger partial charge in [0.1, 0.15) is 6.33 Å². The molecule has 1 saturated heterocycles. The van der Waals surface area contributed by atoms with Crippen molar-refractivity contribution in [2.45, 2.75) is 38.6 Å². The third-order valence-electron chi connectivity index (χ3n) is 3.64. The van der Waals surface area contributed by atoms with Gasteiger partial charge < -0.3 is 10.2 Å². The standard InChI is InChI=1S/C14H22N4O.ClH/c1-10(2)13-12(7-16-9-17-13)14(19)18-6-4-5-11(8-18)15-3;/h7,9-11,15H,4-6,8H2,1-3H3;1H. The van der Waals surface area contributed by atoms with E-state index in [4.69, 9.17) is 0 Å². The number of hydrogen-bond donors (Lipinski definition) is 1. The van der Waals surface area contributed by atoms with Gasteiger partial charge in [-0.15, -0.1) is 12.4 Å². The molecule has 1 aromatic heterocycles. The van der Waals surface area contributed by atoms with Crippen LogP contribution >= 0.6 is 12.4 Å². The van der Waals surface area contributed by atoms with Gasteiger partial charge in [0.05, 0.1) is 11.3 Å². The molecule has 2 heterocycles. The Morgan fingerprint density at radius 3 is 2.90 bits per heavy atom. The predicted octanol–water partition coefficient (Wildman–Crippen LogP) is 1.85. The largest absolute Gasteiger partial charge is 0.337 e. The van der Waals surface area contributed by atoms with Gasteiger partial charge in [-0.2, -0.15) is 0 Å². The van der Waals surface area contributed by atoms with Crippen molar-refractivity contribution in [1.82, 2.24) is 20.2 Å². The fourth-order valence-corrected chi connectivity index (χ4v) is 2.53. The average Bonchev–Trinajstić information content (AvgIpc) is 2.46. The van der Waals surface area contributed by atoms with E-state index in [1.807, 2.05) is 25.8 Å². The lowest BCUT2D eigenvalue weighted by atomic mass is 10.0. The third-order valence-corrected chi connectivity index (χ3v) is 3.64.